The van der Waals surface area contributed by atoms with Crippen molar-refractivity contribution < 1.29 is 14.7 Å². The van der Waals surface area contributed by atoms with Crippen LogP contribution in [0, 0.1) is 0 Å². The normalized spacial score (nSPS) is 11.4. The third kappa shape index (κ3) is 4.07. The Hall–Kier alpha value is -2.36. The molecular weight excluding hydrogens is 278 g/mol. The predicted octanol–water partition coefficient (Wildman–Crippen LogP) is 3.14. The van der Waals surface area contributed by atoms with Gasteiger partial charge < -0.3 is 10.4 Å². The summed E-state index contributed by atoms with van der Waals surface area (Å²) in [5.41, 5.74) is -0.0379. The monoisotopic (exact) mass is 299 g/mol. The van der Waals surface area contributed by atoms with Crippen molar-refractivity contribution in [3.05, 3.63) is 48.0 Å². The number of hydrogen-bond acceptors (Lipinski definition) is 2. The molecule has 2 aromatic rings. The van der Waals surface area contributed by atoms with E-state index in [4.69, 9.17) is 5.11 Å². The highest BCUT2D eigenvalue weighted by atomic mass is 16.4. The van der Waals surface area contributed by atoms with Crippen LogP contribution in [0.15, 0.2) is 42.5 Å². The molecule has 1 amide bonds. The van der Waals surface area contributed by atoms with Crippen molar-refractivity contribution in [1.82, 2.24) is 5.32 Å². The van der Waals surface area contributed by atoms with Gasteiger partial charge in [0.2, 0.25) is 5.91 Å². The number of rotatable bonds is 6. The van der Waals surface area contributed by atoms with E-state index in [1.54, 1.807) is 0 Å². The number of amides is 1. The Morgan fingerprint density at radius 1 is 1.09 bits per heavy atom. The van der Waals surface area contributed by atoms with Gasteiger partial charge in [0.15, 0.2) is 0 Å². The topological polar surface area (TPSA) is 66.4 Å². The van der Waals surface area contributed by atoms with Gasteiger partial charge in [-0.05, 0) is 43.0 Å². The zero-order chi connectivity index (χ0) is 16.2. The number of carbonyl (C=O) groups is 2. The van der Waals surface area contributed by atoms with Crippen LogP contribution in [-0.4, -0.2) is 22.5 Å². The van der Waals surface area contributed by atoms with E-state index in [1.165, 1.54) is 30.2 Å². The molecule has 0 radical (unpaired) electrons. The third-order valence-electron chi connectivity index (χ3n) is 3.67. The molecule has 0 aliphatic heterocycles. The first-order chi connectivity index (χ1) is 10.4. The summed E-state index contributed by atoms with van der Waals surface area (Å²) in [6.07, 6.45) is 1.81. The van der Waals surface area contributed by atoms with Gasteiger partial charge in [0, 0.05) is 6.42 Å². The molecule has 0 atom stereocenters. The first-order valence-corrected chi connectivity index (χ1v) is 7.40. The van der Waals surface area contributed by atoms with Crippen LogP contribution in [0.4, 0.5) is 0 Å². The molecule has 0 heterocycles. The second-order valence-corrected chi connectivity index (χ2v) is 6.01. The third-order valence-corrected chi connectivity index (χ3v) is 3.67. The number of carbonyl (C=O) groups excluding carboxylic acids is 1. The summed E-state index contributed by atoms with van der Waals surface area (Å²) < 4.78 is 0. The minimum atomic E-state index is -1.22. The standard InChI is InChI=1S/C18H21NO3/c1-18(2,17(21)22)19-16(20)9-5-6-13-10-11-14-7-3-4-8-15(14)12-13/h3-4,7-8,10-12H,5-6,9H2,1-2H3,(H,19,20)(H,21,22). The molecule has 0 fully saturated rings. The first kappa shape index (κ1) is 16.0. The number of nitrogens with one attached hydrogen (secondary N) is 1. The zero-order valence-electron chi connectivity index (χ0n) is 12.9. The van der Waals surface area contributed by atoms with Gasteiger partial charge in [-0.1, -0.05) is 42.5 Å². The Kier molecular flexibility index (Phi) is 4.81. The van der Waals surface area contributed by atoms with Crippen LogP contribution >= 0.6 is 0 Å². The van der Waals surface area contributed by atoms with E-state index in [-0.39, 0.29) is 5.91 Å². The molecule has 22 heavy (non-hydrogen) atoms. The molecule has 2 aromatic carbocycles. The van der Waals surface area contributed by atoms with Crippen LogP contribution in [-0.2, 0) is 16.0 Å². The van der Waals surface area contributed by atoms with Crippen molar-refractivity contribution in [3.8, 4) is 0 Å². The van der Waals surface area contributed by atoms with Crippen LogP contribution in [0.2, 0.25) is 0 Å². The molecule has 4 nitrogen and oxygen atoms in total. The highest BCUT2D eigenvalue weighted by Crippen LogP contribution is 2.17. The van der Waals surface area contributed by atoms with Crippen molar-refractivity contribution in [1.29, 1.82) is 0 Å². The minimum Gasteiger partial charge on any atom is -0.480 e. The number of aliphatic carboxylic acids is 1. The Labute approximate surface area is 130 Å². The largest absolute Gasteiger partial charge is 0.480 e. The van der Waals surface area contributed by atoms with Crippen LogP contribution in [0.5, 0.6) is 0 Å². The molecule has 0 aliphatic carbocycles. The van der Waals surface area contributed by atoms with Crippen LogP contribution in [0.1, 0.15) is 32.3 Å². The quantitative estimate of drug-likeness (QED) is 0.861. The molecule has 116 valence electrons. The molecule has 0 saturated carbocycles. The van der Waals surface area contributed by atoms with Gasteiger partial charge >= 0.3 is 5.97 Å². The van der Waals surface area contributed by atoms with Gasteiger partial charge in [-0.25, -0.2) is 4.79 Å². The average Bonchev–Trinajstić information content (AvgIpc) is 2.46. The van der Waals surface area contributed by atoms with Gasteiger partial charge in [0.1, 0.15) is 5.54 Å². The van der Waals surface area contributed by atoms with Gasteiger partial charge in [0.05, 0.1) is 0 Å². The Bertz CT molecular complexity index is 692. The predicted molar refractivity (Wildman–Crippen MR) is 86.7 cm³/mol. The molecule has 2 rings (SSSR count). The van der Waals surface area contributed by atoms with Crippen LogP contribution < -0.4 is 5.32 Å². The number of benzene rings is 2. The number of carboxylic acids is 1. The SMILES string of the molecule is CC(C)(NC(=O)CCCc1ccc2ccccc2c1)C(=O)O. The smallest absolute Gasteiger partial charge is 0.328 e. The van der Waals surface area contributed by atoms with Gasteiger partial charge in [-0.3, -0.25) is 4.79 Å². The Morgan fingerprint density at radius 3 is 2.45 bits per heavy atom. The molecular formula is C18H21NO3. The summed E-state index contributed by atoms with van der Waals surface area (Å²) in [7, 11) is 0. The fourth-order valence-electron chi connectivity index (χ4n) is 2.31. The van der Waals surface area contributed by atoms with Gasteiger partial charge in [-0.15, -0.1) is 0 Å². The van der Waals surface area contributed by atoms with E-state index in [1.807, 2.05) is 12.1 Å². The van der Waals surface area contributed by atoms with Crippen molar-refractivity contribution in [2.45, 2.75) is 38.6 Å². The molecule has 0 spiro atoms. The molecule has 0 saturated heterocycles. The van der Waals surface area contributed by atoms with E-state index in [0.29, 0.717) is 12.8 Å². The number of carboxylic acid groups (broad SMARTS) is 1. The van der Waals surface area contributed by atoms with Crippen molar-refractivity contribution in [3.63, 3.8) is 0 Å². The van der Waals surface area contributed by atoms with Gasteiger partial charge in [-0.2, -0.15) is 0 Å². The maximum absolute atomic E-state index is 11.8. The van der Waals surface area contributed by atoms with E-state index >= 15 is 0 Å². The van der Waals surface area contributed by atoms with E-state index in [0.717, 1.165) is 6.42 Å². The summed E-state index contributed by atoms with van der Waals surface area (Å²) in [6.45, 7) is 2.97. The maximum Gasteiger partial charge on any atom is 0.328 e. The highest BCUT2D eigenvalue weighted by molar-refractivity contribution is 5.86. The van der Waals surface area contributed by atoms with E-state index < -0.39 is 11.5 Å². The minimum absolute atomic E-state index is 0.229. The lowest BCUT2D eigenvalue weighted by molar-refractivity contribution is -0.146. The lowest BCUT2D eigenvalue weighted by Crippen LogP contribution is -2.49. The lowest BCUT2D eigenvalue weighted by atomic mass is 10.0. The summed E-state index contributed by atoms with van der Waals surface area (Å²) in [4.78, 5) is 22.8. The zero-order valence-corrected chi connectivity index (χ0v) is 12.9. The summed E-state index contributed by atoms with van der Waals surface area (Å²) in [6, 6.07) is 14.4. The van der Waals surface area contributed by atoms with Gasteiger partial charge in [0.25, 0.3) is 0 Å². The number of aryl methyl sites for hydroxylation is 1. The fourth-order valence-corrected chi connectivity index (χ4v) is 2.31. The van der Waals surface area contributed by atoms with Crippen molar-refractivity contribution in [2.24, 2.45) is 0 Å². The second kappa shape index (κ2) is 6.60. The first-order valence-electron chi connectivity index (χ1n) is 7.40. The molecule has 0 unspecified atom stereocenters. The molecule has 0 bridgehead atoms. The summed E-state index contributed by atoms with van der Waals surface area (Å²) >= 11 is 0. The summed E-state index contributed by atoms with van der Waals surface area (Å²) in [5, 5.41) is 13.9. The number of hydrogen-bond donors (Lipinski definition) is 2. The fraction of sp³-hybridized carbons (Fsp3) is 0.333. The Morgan fingerprint density at radius 2 is 1.77 bits per heavy atom. The molecule has 4 heteroatoms. The van der Waals surface area contributed by atoms with Crippen molar-refractivity contribution in [2.75, 3.05) is 0 Å². The molecule has 2 N–H and O–H groups in total. The van der Waals surface area contributed by atoms with E-state index in [9.17, 15) is 9.59 Å². The van der Waals surface area contributed by atoms with Crippen LogP contribution in [0.25, 0.3) is 10.8 Å². The molecule has 0 aromatic heterocycles. The average molecular weight is 299 g/mol. The highest BCUT2D eigenvalue weighted by Gasteiger charge is 2.28. The molecule has 0 aliphatic rings. The number of fused-ring (bicyclic) bond motifs is 1. The van der Waals surface area contributed by atoms with E-state index in [2.05, 4.69) is 35.6 Å². The lowest BCUT2D eigenvalue weighted by Gasteiger charge is -2.20. The summed E-state index contributed by atoms with van der Waals surface area (Å²) in [5.74, 6) is -1.26. The maximum atomic E-state index is 11.8. The van der Waals surface area contributed by atoms with Crippen molar-refractivity contribution >= 4 is 22.6 Å². The second-order valence-electron chi connectivity index (χ2n) is 6.01. The Balaban J connectivity index is 1.87. The van der Waals surface area contributed by atoms with Crippen LogP contribution in [0.3, 0.4) is 0 Å².